The fraction of sp³-hybridized carbons (Fsp3) is 0.154. The third kappa shape index (κ3) is 3.28. The molecule has 0 bridgehead atoms. The van der Waals surface area contributed by atoms with Crippen molar-refractivity contribution in [3.8, 4) is 0 Å². The van der Waals surface area contributed by atoms with Gasteiger partial charge in [-0.2, -0.15) is 0 Å². The van der Waals surface area contributed by atoms with Gasteiger partial charge >= 0.3 is 0 Å². The summed E-state index contributed by atoms with van der Waals surface area (Å²) in [5, 5.41) is 10.7. The van der Waals surface area contributed by atoms with Gasteiger partial charge in [0, 0.05) is 27.8 Å². The second-order valence-corrected chi connectivity index (χ2v) is 5.03. The number of nitrogens with zero attached hydrogens (tertiary/aromatic N) is 1. The van der Waals surface area contributed by atoms with Crippen molar-refractivity contribution in [1.29, 1.82) is 0 Å². The molecule has 88 valence electrons. The molecule has 0 fully saturated rings. The highest BCUT2D eigenvalue weighted by Gasteiger charge is 2.12. The lowest BCUT2D eigenvalue weighted by molar-refractivity contribution is 0.177. The van der Waals surface area contributed by atoms with E-state index in [0.29, 0.717) is 11.4 Å². The number of hydrogen-bond donors (Lipinski definition) is 1. The van der Waals surface area contributed by atoms with Crippen molar-refractivity contribution in [2.75, 3.05) is 0 Å². The molecule has 2 nitrogen and oxygen atoms in total. The normalized spacial score (nSPS) is 12.4. The van der Waals surface area contributed by atoms with Crippen LogP contribution < -0.4 is 0 Å². The van der Waals surface area contributed by atoms with Crippen molar-refractivity contribution >= 4 is 27.5 Å². The zero-order valence-electron chi connectivity index (χ0n) is 8.98. The first-order chi connectivity index (χ1) is 8.16. The number of aromatic nitrogens is 1. The van der Waals surface area contributed by atoms with E-state index in [4.69, 9.17) is 11.6 Å². The number of halogens is 2. The van der Waals surface area contributed by atoms with Gasteiger partial charge in [0.1, 0.15) is 0 Å². The van der Waals surface area contributed by atoms with Gasteiger partial charge in [-0.1, -0.05) is 29.8 Å². The molecule has 2 rings (SSSR count). The average molecular weight is 313 g/mol. The van der Waals surface area contributed by atoms with Crippen LogP contribution in [-0.2, 0) is 6.42 Å². The van der Waals surface area contributed by atoms with Crippen molar-refractivity contribution in [3.05, 3.63) is 63.3 Å². The van der Waals surface area contributed by atoms with E-state index in [2.05, 4.69) is 20.9 Å². The monoisotopic (exact) mass is 311 g/mol. The molecule has 0 aliphatic rings. The van der Waals surface area contributed by atoms with E-state index in [1.807, 2.05) is 30.3 Å². The summed E-state index contributed by atoms with van der Waals surface area (Å²) in [6, 6.07) is 11.1. The second kappa shape index (κ2) is 5.63. The second-order valence-electron chi connectivity index (χ2n) is 3.71. The first-order valence-electron chi connectivity index (χ1n) is 5.20. The largest absolute Gasteiger partial charge is 0.388 e. The highest BCUT2D eigenvalue weighted by atomic mass is 79.9. The maximum atomic E-state index is 10.1. The molecule has 2 aromatic rings. The van der Waals surface area contributed by atoms with Gasteiger partial charge in [0.05, 0.1) is 6.10 Å². The maximum Gasteiger partial charge on any atom is 0.0859 e. The number of aliphatic hydroxyl groups is 1. The Morgan fingerprint density at radius 3 is 2.65 bits per heavy atom. The Morgan fingerprint density at radius 1 is 1.24 bits per heavy atom. The Morgan fingerprint density at radius 2 is 2.00 bits per heavy atom. The first kappa shape index (κ1) is 12.6. The molecule has 0 aliphatic carbocycles. The summed E-state index contributed by atoms with van der Waals surface area (Å²) in [7, 11) is 0. The lowest BCUT2D eigenvalue weighted by Crippen LogP contribution is -2.03. The van der Waals surface area contributed by atoms with Crippen LogP contribution in [0.5, 0.6) is 0 Å². The fourth-order valence-corrected chi connectivity index (χ4v) is 2.08. The summed E-state index contributed by atoms with van der Waals surface area (Å²) in [6.45, 7) is 0. The zero-order valence-corrected chi connectivity index (χ0v) is 11.3. The molecular weight excluding hydrogens is 302 g/mol. The lowest BCUT2D eigenvalue weighted by atomic mass is 10.0. The molecule has 1 heterocycles. The number of hydrogen-bond acceptors (Lipinski definition) is 2. The van der Waals surface area contributed by atoms with Crippen molar-refractivity contribution < 1.29 is 5.11 Å². The van der Waals surface area contributed by atoms with Crippen LogP contribution in [0.25, 0.3) is 0 Å². The van der Waals surface area contributed by atoms with E-state index < -0.39 is 6.10 Å². The molecule has 0 saturated carbocycles. The van der Waals surface area contributed by atoms with Crippen molar-refractivity contribution in [2.45, 2.75) is 12.5 Å². The van der Waals surface area contributed by atoms with Crippen LogP contribution in [0.15, 0.2) is 47.1 Å². The molecule has 1 aromatic carbocycles. The van der Waals surface area contributed by atoms with Gasteiger partial charge in [-0.3, -0.25) is 4.98 Å². The highest BCUT2D eigenvalue weighted by Crippen LogP contribution is 2.25. The number of aliphatic hydroxyl groups excluding tert-OH is 1. The van der Waals surface area contributed by atoms with Crippen LogP contribution in [0.3, 0.4) is 0 Å². The SMILES string of the molecule is OC(Cc1ccc(Br)cn1)c1ccccc1Cl. The predicted molar refractivity (Wildman–Crippen MR) is 72.1 cm³/mol. The van der Waals surface area contributed by atoms with E-state index in [1.165, 1.54) is 0 Å². The molecular formula is C13H11BrClNO. The molecule has 1 unspecified atom stereocenters. The van der Waals surface area contributed by atoms with Gasteiger partial charge in [0.2, 0.25) is 0 Å². The fourth-order valence-electron chi connectivity index (χ4n) is 1.58. The van der Waals surface area contributed by atoms with Gasteiger partial charge in [-0.15, -0.1) is 0 Å². The maximum absolute atomic E-state index is 10.1. The molecule has 0 radical (unpaired) electrons. The zero-order chi connectivity index (χ0) is 12.3. The Hall–Kier alpha value is -0.900. The molecule has 0 spiro atoms. The summed E-state index contributed by atoms with van der Waals surface area (Å²) < 4.78 is 0.925. The Labute approximate surface area is 113 Å². The molecule has 1 atom stereocenters. The molecule has 0 amide bonds. The van der Waals surface area contributed by atoms with Crippen LogP contribution in [0, 0.1) is 0 Å². The minimum absolute atomic E-state index is 0.455. The summed E-state index contributed by atoms with van der Waals surface area (Å²) in [5.41, 5.74) is 1.57. The standard InChI is InChI=1S/C13H11BrClNO/c14-9-5-6-10(16-8-9)7-13(17)11-3-1-2-4-12(11)15/h1-6,8,13,17H,7H2. The summed E-state index contributed by atoms with van der Waals surface area (Å²) in [6.07, 6.45) is 1.54. The van der Waals surface area contributed by atoms with Gasteiger partial charge < -0.3 is 5.11 Å². The minimum Gasteiger partial charge on any atom is -0.388 e. The van der Waals surface area contributed by atoms with E-state index in [1.54, 1.807) is 12.3 Å². The summed E-state index contributed by atoms with van der Waals surface area (Å²) in [5.74, 6) is 0. The van der Waals surface area contributed by atoms with Gasteiger partial charge in [-0.05, 0) is 39.7 Å². The van der Waals surface area contributed by atoms with Gasteiger partial charge in [-0.25, -0.2) is 0 Å². The molecule has 0 aliphatic heterocycles. The van der Waals surface area contributed by atoms with E-state index >= 15 is 0 Å². The van der Waals surface area contributed by atoms with Crippen molar-refractivity contribution in [3.63, 3.8) is 0 Å². The predicted octanol–water partition coefficient (Wildman–Crippen LogP) is 3.77. The van der Waals surface area contributed by atoms with E-state index in [0.717, 1.165) is 15.7 Å². The smallest absolute Gasteiger partial charge is 0.0859 e. The van der Waals surface area contributed by atoms with Gasteiger partial charge in [0.25, 0.3) is 0 Å². The van der Waals surface area contributed by atoms with Crippen molar-refractivity contribution in [1.82, 2.24) is 4.98 Å². The summed E-state index contributed by atoms with van der Waals surface area (Å²) in [4.78, 5) is 4.22. The van der Waals surface area contributed by atoms with E-state index in [9.17, 15) is 5.11 Å². The van der Waals surface area contributed by atoms with E-state index in [-0.39, 0.29) is 0 Å². The van der Waals surface area contributed by atoms with Gasteiger partial charge in [0.15, 0.2) is 0 Å². The van der Waals surface area contributed by atoms with Crippen LogP contribution >= 0.6 is 27.5 Å². The third-order valence-corrected chi connectivity index (χ3v) is 3.27. The van der Waals surface area contributed by atoms with Crippen LogP contribution in [-0.4, -0.2) is 10.1 Å². The topological polar surface area (TPSA) is 33.1 Å². The first-order valence-corrected chi connectivity index (χ1v) is 6.37. The Kier molecular flexibility index (Phi) is 4.15. The average Bonchev–Trinajstić information content (AvgIpc) is 2.32. The molecule has 1 N–H and O–H groups in total. The summed E-state index contributed by atoms with van der Waals surface area (Å²) >= 11 is 9.34. The molecule has 17 heavy (non-hydrogen) atoms. The highest BCUT2D eigenvalue weighted by molar-refractivity contribution is 9.10. The number of benzene rings is 1. The van der Waals surface area contributed by atoms with Crippen LogP contribution in [0.1, 0.15) is 17.4 Å². The minimum atomic E-state index is -0.627. The molecule has 0 saturated heterocycles. The van der Waals surface area contributed by atoms with Crippen molar-refractivity contribution in [2.24, 2.45) is 0 Å². The molecule has 4 heteroatoms. The Balaban J connectivity index is 2.14. The third-order valence-electron chi connectivity index (χ3n) is 2.46. The Bertz CT molecular complexity index is 501. The quantitative estimate of drug-likeness (QED) is 0.936. The van der Waals surface area contributed by atoms with Crippen LogP contribution in [0.4, 0.5) is 0 Å². The number of pyridine rings is 1. The number of rotatable bonds is 3. The lowest BCUT2D eigenvalue weighted by Gasteiger charge is -2.12. The van der Waals surface area contributed by atoms with Crippen LogP contribution in [0.2, 0.25) is 5.02 Å². The molecule has 1 aromatic heterocycles.